The molecule has 2 aromatic rings. The molecule has 1 aromatic carbocycles. The first-order chi connectivity index (χ1) is 13.6. The molecule has 1 heterocycles. The van der Waals surface area contributed by atoms with Crippen LogP contribution in [0, 0.1) is 0 Å². The SMILES string of the molecule is CCC[CH2][Sn]([CH2]CCC)([CH2]CCC)[c]1cn([Si](C)(C)C(C)(C)C)c2ccccc12. The Kier molecular flexibility index (Phi) is 8.97. The molecule has 3 heteroatoms. The van der Waals surface area contributed by atoms with Gasteiger partial charge in [0.05, 0.1) is 0 Å². The van der Waals surface area contributed by atoms with Gasteiger partial charge in [-0.05, 0) is 0 Å². The summed E-state index contributed by atoms with van der Waals surface area (Å²) in [5.41, 5.74) is 1.53. The van der Waals surface area contributed by atoms with Gasteiger partial charge in [0.1, 0.15) is 0 Å². The van der Waals surface area contributed by atoms with Crippen LogP contribution in [0.3, 0.4) is 0 Å². The summed E-state index contributed by atoms with van der Waals surface area (Å²) in [5.74, 6) is 0. The maximum atomic E-state index is 2.80. The molecule has 0 bridgehead atoms. The van der Waals surface area contributed by atoms with Crippen molar-refractivity contribution in [2.45, 2.75) is 112 Å². The van der Waals surface area contributed by atoms with Gasteiger partial charge in [0.2, 0.25) is 0 Å². The molecular weight excluding hydrogens is 473 g/mol. The van der Waals surface area contributed by atoms with Gasteiger partial charge in [-0.25, -0.2) is 0 Å². The molecule has 0 amide bonds. The number of aromatic nitrogens is 1. The van der Waals surface area contributed by atoms with Crippen LogP contribution < -0.4 is 3.58 Å². The summed E-state index contributed by atoms with van der Waals surface area (Å²) in [5, 5.41) is 1.97. The number of hydrogen-bond donors (Lipinski definition) is 0. The third kappa shape index (κ3) is 5.34. The number of nitrogens with zero attached hydrogens (tertiary/aromatic N) is 1. The minimum atomic E-state index is -2.47. The van der Waals surface area contributed by atoms with Gasteiger partial charge >= 0.3 is 187 Å². The van der Waals surface area contributed by atoms with Gasteiger partial charge in [-0.15, -0.1) is 0 Å². The Balaban J connectivity index is 2.74. The molecule has 164 valence electrons. The summed E-state index contributed by atoms with van der Waals surface area (Å²) in [6.07, 6.45) is 11.1. The molecule has 1 aromatic heterocycles. The molecule has 0 unspecified atom stereocenters. The quantitative estimate of drug-likeness (QED) is 0.262. The Morgan fingerprint density at radius 2 is 1.31 bits per heavy atom. The number of rotatable bonds is 11. The van der Waals surface area contributed by atoms with E-state index in [0.717, 1.165) is 0 Å². The van der Waals surface area contributed by atoms with E-state index in [0.29, 0.717) is 5.04 Å². The van der Waals surface area contributed by atoms with Crippen LogP contribution in [0.4, 0.5) is 0 Å². The molecule has 0 saturated heterocycles. The zero-order valence-electron chi connectivity index (χ0n) is 20.7. The molecule has 29 heavy (non-hydrogen) atoms. The number of hydrogen-bond acceptors (Lipinski definition) is 0. The molecule has 0 atom stereocenters. The summed E-state index contributed by atoms with van der Waals surface area (Å²) in [7, 11) is -1.65. The molecular formula is C26H47NSiSn. The fourth-order valence-electron chi connectivity index (χ4n) is 4.75. The van der Waals surface area contributed by atoms with Crippen LogP contribution in [0.2, 0.25) is 31.4 Å². The number of fused-ring (bicyclic) bond motifs is 1. The molecule has 0 aliphatic heterocycles. The molecule has 0 fully saturated rings. The van der Waals surface area contributed by atoms with E-state index < -0.39 is 26.6 Å². The van der Waals surface area contributed by atoms with Crippen molar-refractivity contribution in [1.29, 1.82) is 0 Å². The van der Waals surface area contributed by atoms with Crippen molar-refractivity contribution in [2.24, 2.45) is 0 Å². The number of para-hydroxylation sites is 1. The number of unbranched alkanes of at least 4 members (excludes halogenated alkanes) is 3. The van der Waals surface area contributed by atoms with Crippen LogP contribution >= 0.6 is 0 Å². The average molecular weight is 520 g/mol. The van der Waals surface area contributed by atoms with E-state index in [4.69, 9.17) is 0 Å². The molecule has 0 radical (unpaired) electrons. The van der Waals surface area contributed by atoms with Crippen molar-refractivity contribution in [3.8, 4) is 0 Å². The van der Waals surface area contributed by atoms with Gasteiger partial charge in [0.25, 0.3) is 0 Å². The van der Waals surface area contributed by atoms with E-state index in [-0.39, 0.29) is 0 Å². The van der Waals surface area contributed by atoms with Crippen LogP contribution in [0.5, 0.6) is 0 Å². The second kappa shape index (κ2) is 10.4. The first-order valence-electron chi connectivity index (χ1n) is 12.3. The summed E-state index contributed by atoms with van der Waals surface area (Å²) < 4.78 is 9.33. The Hall–Kier alpha value is -0.224. The van der Waals surface area contributed by atoms with Gasteiger partial charge in [-0.2, -0.15) is 0 Å². The standard InChI is InChI=1S/C14H20NSi.3C4H9.Sn/c1-14(2,3)16(4,5)15-11-10-12-8-6-7-9-13(12)15;3*1-3-4-2;/h6-9,11H,1-5H3;3*1,3-4H2,2H3;. The molecule has 0 saturated carbocycles. The third-order valence-electron chi connectivity index (χ3n) is 7.75. The van der Waals surface area contributed by atoms with Gasteiger partial charge < -0.3 is 0 Å². The second-order valence-electron chi connectivity index (χ2n) is 10.8. The van der Waals surface area contributed by atoms with Gasteiger partial charge in [-0.1, -0.05) is 0 Å². The monoisotopic (exact) mass is 521 g/mol. The van der Waals surface area contributed by atoms with E-state index in [1.165, 1.54) is 44.0 Å². The fourth-order valence-corrected chi connectivity index (χ4v) is 23.7. The van der Waals surface area contributed by atoms with Crippen molar-refractivity contribution in [3.05, 3.63) is 30.5 Å². The zero-order valence-corrected chi connectivity index (χ0v) is 24.6. The van der Waals surface area contributed by atoms with E-state index in [1.807, 2.05) is 3.58 Å². The van der Waals surface area contributed by atoms with Gasteiger partial charge in [0.15, 0.2) is 0 Å². The molecule has 0 spiro atoms. The van der Waals surface area contributed by atoms with E-state index in [9.17, 15) is 0 Å². The third-order valence-corrected chi connectivity index (χ3v) is 28.6. The van der Waals surface area contributed by atoms with Crippen molar-refractivity contribution < 1.29 is 0 Å². The van der Waals surface area contributed by atoms with Crippen LogP contribution in [0.15, 0.2) is 30.5 Å². The Bertz CT molecular complexity index is 747. The summed E-state index contributed by atoms with van der Waals surface area (Å²) >= 11 is -2.47. The summed E-state index contributed by atoms with van der Waals surface area (Å²) in [6.45, 7) is 19.7. The first kappa shape index (κ1) is 25.0. The van der Waals surface area contributed by atoms with Crippen LogP contribution in [-0.2, 0) is 0 Å². The van der Waals surface area contributed by atoms with Crippen molar-refractivity contribution in [1.82, 2.24) is 4.23 Å². The average Bonchev–Trinajstić information content (AvgIpc) is 3.08. The van der Waals surface area contributed by atoms with Crippen molar-refractivity contribution in [2.75, 3.05) is 0 Å². The number of benzene rings is 1. The minimum absolute atomic E-state index is 0.348. The van der Waals surface area contributed by atoms with Gasteiger partial charge in [-0.3, -0.25) is 0 Å². The molecule has 0 aliphatic rings. The Morgan fingerprint density at radius 3 is 1.76 bits per heavy atom. The summed E-state index contributed by atoms with van der Waals surface area (Å²) in [6, 6.07) is 9.42. The molecule has 0 aliphatic carbocycles. The fraction of sp³-hybridized carbons (Fsp3) is 0.692. The first-order valence-corrected chi connectivity index (χ1v) is 22.7. The van der Waals surface area contributed by atoms with Crippen LogP contribution in [-0.4, -0.2) is 30.8 Å². The normalized spacial score (nSPS) is 13.4. The summed E-state index contributed by atoms with van der Waals surface area (Å²) in [4.78, 5) is 0. The van der Waals surface area contributed by atoms with Crippen molar-refractivity contribution >= 4 is 41.1 Å². The molecule has 2 rings (SSSR count). The maximum absolute atomic E-state index is 2.80. The molecule has 1 nitrogen and oxygen atoms in total. The van der Waals surface area contributed by atoms with Crippen LogP contribution in [0.25, 0.3) is 10.9 Å². The second-order valence-corrected chi connectivity index (χ2v) is 29.1. The topological polar surface area (TPSA) is 4.93 Å². The van der Waals surface area contributed by atoms with Gasteiger partial charge in [0, 0.05) is 0 Å². The molecule has 0 N–H and O–H groups in total. The van der Waals surface area contributed by atoms with E-state index in [1.54, 1.807) is 18.7 Å². The Labute approximate surface area is 186 Å². The Morgan fingerprint density at radius 1 is 0.828 bits per heavy atom. The predicted molar refractivity (Wildman–Crippen MR) is 139 cm³/mol. The predicted octanol–water partition coefficient (Wildman–Crippen LogP) is 8.55. The van der Waals surface area contributed by atoms with E-state index in [2.05, 4.69) is 89.3 Å². The zero-order chi connectivity index (χ0) is 21.7. The van der Waals surface area contributed by atoms with E-state index >= 15 is 0 Å². The van der Waals surface area contributed by atoms with Crippen LogP contribution in [0.1, 0.15) is 80.1 Å². The van der Waals surface area contributed by atoms with Crippen molar-refractivity contribution in [3.63, 3.8) is 0 Å².